The Morgan fingerprint density at radius 2 is 1.81 bits per heavy atom. The number of nitrogens with zero attached hydrogens (tertiary/aromatic N) is 2. The highest BCUT2D eigenvalue weighted by Gasteiger charge is 2.52. The van der Waals surface area contributed by atoms with E-state index in [9.17, 15) is 9.59 Å². The molecule has 2 fully saturated rings. The number of imide groups is 1. The van der Waals surface area contributed by atoms with Crippen LogP contribution in [-0.2, 0) is 17.9 Å². The van der Waals surface area contributed by atoms with Crippen molar-refractivity contribution in [3.05, 3.63) is 52.2 Å². The van der Waals surface area contributed by atoms with E-state index < -0.39 is 5.54 Å². The summed E-state index contributed by atoms with van der Waals surface area (Å²) in [5, 5.41) is 6.96. The second-order valence-corrected chi connectivity index (χ2v) is 9.80. The van der Waals surface area contributed by atoms with Crippen LogP contribution < -0.4 is 10.1 Å². The molecule has 31 heavy (non-hydrogen) atoms. The first kappa shape index (κ1) is 21.8. The summed E-state index contributed by atoms with van der Waals surface area (Å²) >= 11 is 1.58. The fourth-order valence-corrected chi connectivity index (χ4v) is 5.23. The number of piperidine rings is 1. The van der Waals surface area contributed by atoms with Crippen LogP contribution in [0.1, 0.15) is 44.7 Å². The molecule has 0 spiro atoms. The van der Waals surface area contributed by atoms with Crippen LogP contribution in [0.3, 0.4) is 0 Å². The topological polar surface area (TPSA) is 61.9 Å². The van der Waals surface area contributed by atoms with Crippen LogP contribution in [0, 0.1) is 5.92 Å². The van der Waals surface area contributed by atoms with Gasteiger partial charge in [-0.25, -0.2) is 4.79 Å². The molecule has 166 valence electrons. The van der Waals surface area contributed by atoms with Crippen LogP contribution in [-0.4, -0.2) is 46.5 Å². The first-order valence-electron chi connectivity index (χ1n) is 11.0. The molecule has 1 atom stereocenters. The quantitative estimate of drug-likeness (QED) is 0.652. The molecule has 2 aliphatic rings. The number of ether oxygens (including phenoxy) is 1. The maximum atomic E-state index is 13.2. The molecule has 1 unspecified atom stereocenters. The van der Waals surface area contributed by atoms with Crippen LogP contribution in [0.15, 0.2) is 41.1 Å². The van der Waals surface area contributed by atoms with Crippen molar-refractivity contribution in [2.75, 3.05) is 13.1 Å². The molecule has 2 aliphatic heterocycles. The minimum absolute atomic E-state index is 0.0945. The second kappa shape index (κ2) is 9.01. The molecule has 0 aliphatic carbocycles. The Morgan fingerprint density at radius 3 is 2.42 bits per heavy atom. The zero-order valence-corrected chi connectivity index (χ0v) is 19.3. The van der Waals surface area contributed by atoms with Crippen LogP contribution in [0.5, 0.6) is 5.75 Å². The van der Waals surface area contributed by atoms with Gasteiger partial charge < -0.3 is 10.1 Å². The molecule has 2 saturated heterocycles. The normalized spacial score (nSPS) is 22.9. The van der Waals surface area contributed by atoms with E-state index >= 15 is 0 Å². The first-order valence-corrected chi connectivity index (χ1v) is 11.9. The van der Waals surface area contributed by atoms with Gasteiger partial charge in [-0.3, -0.25) is 14.6 Å². The van der Waals surface area contributed by atoms with Crippen molar-refractivity contribution in [3.63, 3.8) is 0 Å². The molecule has 0 radical (unpaired) electrons. The maximum Gasteiger partial charge on any atom is 0.325 e. The molecule has 3 heterocycles. The smallest absolute Gasteiger partial charge is 0.325 e. The van der Waals surface area contributed by atoms with Crippen molar-refractivity contribution in [2.45, 2.75) is 58.3 Å². The lowest BCUT2D eigenvalue weighted by Gasteiger charge is -2.39. The Hall–Kier alpha value is -2.38. The third kappa shape index (κ3) is 4.77. The van der Waals surface area contributed by atoms with E-state index in [1.807, 2.05) is 49.7 Å². The van der Waals surface area contributed by atoms with Crippen molar-refractivity contribution in [1.29, 1.82) is 0 Å². The van der Waals surface area contributed by atoms with E-state index in [-0.39, 0.29) is 24.0 Å². The number of benzene rings is 1. The van der Waals surface area contributed by atoms with Gasteiger partial charge >= 0.3 is 6.03 Å². The van der Waals surface area contributed by atoms with E-state index in [1.54, 1.807) is 11.3 Å². The van der Waals surface area contributed by atoms with Gasteiger partial charge in [0.05, 0.1) is 12.6 Å². The summed E-state index contributed by atoms with van der Waals surface area (Å²) in [4.78, 5) is 29.5. The van der Waals surface area contributed by atoms with E-state index in [2.05, 4.69) is 22.3 Å². The number of hydrogen-bond acceptors (Lipinski definition) is 5. The first-order chi connectivity index (χ1) is 14.8. The van der Waals surface area contributed by atoms with Gasteiger partial charge in [-0.2, -0.15) is 11.3 Å². The molecule has 4 rings (SSSR count). The number of nitrogens with one attached hydrogen (secondary N) is 1. The molecular weight excluding hydrogens is 410 g/mol. The Labute approximate surface area is 188 Å². The fraction of sp³-hybridized carbons (Fsp3) is 0.500. The van der Waals surface area contributed by atoms with Crippen LogP contribution in [0.25, 0.3) is 0 Å². The Morgan fingerprint density at radius 1 is 1.10 bits per heavy atom. The third-order valence-electron chi connectivity index (χ3n) is 6.33. The van der Waals surface area contributed by atoms with Gasteiger partial charge in [0.25, 0.3) is 5.91 Å². The van der Waals surface area contributed by atoms with Crippen molar-refractivity contribution in [3.8, 4) is 5.75 Å². The van der Waals surface area contributed by atoms with Crippen molar-refractivity contribution >= 4 is 23.3 Å². The summed E-state index contributed by atoms with van der Waals surface area (Å²) in [6.07, 6.45) is 1.96. The van der Waals surface area contributed by atoms with Gasteiger partial charge in [0.15, 0.2) is 0 Å². The highest BCUT2D eigenvalue weighted by atomic mass is 32.1. The van der Waals surface area contributed by atoms with Gasteiger partial charge in [-0.1, -0.05) is 12.1 Å². The van der Waals surface area contributed by atoms with Gasteiger partial charge in [-0.05, 0) is 92.7 Å². The molecule has 1 aromatic heterocycles. The standard InChI is InChI=1S/C24H31N3O3S/c1-17(2)30-21-6-4-18(5-7-21)14-26-11-8-20(9-12-26)24(3)22(28)27(23(29)25-24)15-19-10-13-31-16-19/h4-7,10,13,16-17,20H,8-9,11-12,14-15H2,1-3H3,(H,25,29). The summed E-state index contributed by atoms with van der Waals surface area (Å²) in [5.74, 6) is 0.949. The van der Waals surface area contributed by atoms with Crippen LogP contribution >= 0.6 is 11.3 Å². The highest BCUT2D eigenvalue weighted by Crippen LogP contribution is 2.34. The van der Waals surface area contributed by atoms with Crippen molar-refractivity contribution in [2.24, 2.45) is 5.92 Å². The lowest BCUT2D eigenvalue weighted by atomic mass is 9.79. The number of amides is 3. The molecular formula is C24H31N3O3S. The van der Waals surface area contributed by atoms with Crippen molar-refractivity contribution in [1.82, 2.24) is 15.1 Å². The average Bonchev–Trinajstić information content (AvgIpc) is 3.33. The monoisotopic (exact) mass is 441 g/mol. The third-order valence-corrected chi connectivity index (χ3v) is 7.06. The lowest BCUT2D eigenvalue weighted by Crippen LogP contribution is -2.53. The summed E-state index contributed by atoms with van der Waals surface area (Å²) in [6, 6.07) is 9.98. The molecule has 1 N–H and O–H groups in total. The Kier molecular flexibility index (Phi) is 6.34. The molecule has 1 aromatic carbocycles. The predicted molar refractivity (Wildman–Crippen MR) is 122 cm³/mol. The van der Waals surface area contributed by atoms with Gasteiger partial charge in [0.2, 0.25) is 0 Å². The number of hydrogen-bond donors (Lipinski definition) is 1. The van der Waals surface area contributed by atoms with Gasteiger partial charge in [0, 0.05) is 6.54 Å². The fourth-order valence-electron chi connectivity index (χ4n) is 4.57. The summed E-state index contributed by atoms with van der Waals surface area (Å²) in [6.45, 7) is 9.01. The SMILES string of the molecule is CC(C)Oc1ccc(CN2CCC(C3(C)NC(=O)N(Cc4ccsc4)C3=O)CC2)cc1. The molecule has 2 aromatic rings. The molecule has 0 saturated carbocycles. The van der Waals surface area contributed by atoms with Crippen molar-refractivity contribution < 1.29 is 14.3 Å². The maximum absolute atomic E-state index is 13.2. The second-order valence-electron chi connectivity index (χ2n) is 9.02. The minimum Gasteiger partial charge on any atom is -0.491 e. The van der Waals surface area contributed by atoms with E-state index in [1.165, 1.54) is 10.5 Å². The molecule has 7 heteroatoms. The van der Waals surface area contributed by atoms with E-state index in [4.69, 9.17) is 4.74 Å². The highest BCUT2D eigenvalue weighted by molar-refractivity contribution is 7.07. The number of thiophene rings is 1. The zero-order valence-electron chi connectivity index (χ0n) is 18.5. The Bertz CT molecular complexity index is 905. The average molecular weight is 442 g/mol. The summed E-state index contributed by atoms with van der Waals surface area (Å²) < 4.78 is 5.72. The van der Waals surface area contributed by atoms with Gasteiger partial charge in [-0.15, -0.1) is 0 Å². The van der Waals surface area contributed by atoms with E-state index in [0.29, 0.717) is 6.54 Å². The van der Waals surface area contributed by atoms with E-state index in [0.717, 1.165) is 43.8 Å². The van der Waals surface area contributed by atoms with Crippen LogP contribution in [0.4, 0.5) is 4.79 Å². The van der Waals surface area contributed by atoms with Gasteiger partial charge in [0.1, 0.15) is 11.3 Å². The van der Waals surface area contributed by atoms with Crippen LogP contribution in [0.2, 0.25) is 0 Å². The molecule has 6 nitrogen and oxygen atoms in total. The summed E-state index contributed by atoms with van der Waals surface area (Å²) in [7, 11) is 0. The molecule has 3 amide bonds. The zero-order chi connectivity index (χ0) is 22.0. The largest absolute Gasteiger partial charge is 0.491 e. The Balaban J connectivity index is 1.33. The number of carbonyl (C=O) groups is 2. The minimum atomic E-state index is -0.810. The summed E-state index contributed by atoms with van der Waals surface area (Å²) in [5.41, 5.74) is 1.44. The predicted octanol–water partition coefficient (Wildman–Crippen LogP) is 4.26. The molecule has 0 bridgehead atoms. The lowest BCUT2D eigenvalue weighted by molar-refractivity contribution is -0.133. The number of urea groups is 1. The number of likely N-dealkylation sites (tertiary alicyclic amines) is 1. The number of carbonyl (C=O) groups excluding carboxylic acids is 2. The number of rotatable bonds is 7.